The number of carbonyl (C=O) groups is 1. The van der Waals surface area contributed by atoms with Gasteiger partial charge in [-0.2, -0.15) is 0 Å². The first-order valence-electron chi connectivity index (χ1n) is 6.31. The first-order valence-corrected chi connectivity index (χ1v) is 8.67. The molecule has 0 bridgehead atoms. The van der Waals surface area contributed by atoms with Gasteiger partial charge in [0.15, 0.2) is 0 Å². The Balaban J connectivity index is 2.01. The largest absolute Gasteiger partial charge is 0.349 e. The number of carbonyl (C=O) groups excluding carboxylic acids is 1. The second-order valence-corrected chi connectivity index (χ2v) is 7.82. The van der Waals surface area contributed by atoms with E-state index >= 15 is 0 Å². The van der Waals surface area contributed by atoms with Gasteiger partial charge in [0, 0.05) is 10.8 Å². The number of rotatable bonds is 4. The highest BCUT2D eigenvalue weighted by molar-refractivity contribution is 7.91. The lowest BCUT2D eigenvalue weighted by Gasteiger charge is -2.15. The van der Waals surface area contributed by atoms with E-state index < -0.39 is 10.0 Å². The second kappa shape index (κ2) is 5.60. The lowest BCUT2D eigenvalue weighted by molar-refractivity contribution is -0.125. The Morgan fingerprint density at radius 1 is 1.42 bits per heavy atom. The summed E-state index contributed by atoms with van der Waals surface area (Å²) in [5.41, 5.74) is 0. The van der Waals surface area contributed by atoms with E-state index in [1.165, 1.54) is 6.07 Å². The maximum atomic E-state index is 12.0. The van der Waals surface area contributed by atoms with Crippen LogP contribution in [0, 0.1) is 5.92 Å². The molecule has 1 fully saturated rings. The summed E-state index contributed by atoms with van der Waals surface area (Å²) < 4.78 is 22.5. The average molecular weight is 302 g/mol. The van der Waals surface area contributed by atoms with Crippen molar-refractivity contribution in [1.82, 2.24) is 5.32 Å². The Kier molecular flexibility index (Phi) is 4.27. The van der Waals surface area contributed by atoms with Crippen molar-refractivity contribution in [1.29, 1.82) is 0 Å². The SMILES string of the molecule is CC(NC(=O)C1CCCC1)c1ccc(S(N)(=O)=O)s1. The topological polar surface area (TPSA) is 89.3 Å². The lowest BCUT2D eigenvalue weighted by atomic mass is 10.1. The zero-order chi connectivity index (χ0) is 14.0. The molecule has 5 nitrogen and oxygen atoms in total. The Morgan fingerprint density at radius 3 is 2.58 bits per heavy atom. The molecule has 1 aromatic heterocycles. The van der Waals surface area contributed by atoms with Gasteiger partial charge in [0.25, 0.3) is 0 Å². The van der Waals surface area contributed by atoms with Crippen LogP contribution in [-0.2, 0) is 14.8 Å². The van der Waals surface area contributed by atoms with Crippen molar-refractivity contribution >= 4 is 27.3 Å². The minimum absolute atomic E-state index is 0.0653. The van der Waals surface area contributed by atoms with Crippen LogP contribution in [0.1, 0.15) is 43.5 Å². The number of amides is 1. The molecule has 0 radical (unpaired) electrons. The number of nitrogens with two attached hydrogens (primary N) is 1. The van der Waals surface area contributed by atoms with Gasteiger partial charge in [-0.15, -0.1) is 11.3 Å². The van der Waals surface area contributed by atoms with Crippen LogP contribution in [0.5, 0.6) is 0 Å². The zero-order valence-corrected chi connectivity index (χ0v) is 12.4. The first-order chi connectivity index (χ1) is 8.88. The highest BCUT2D eigenvalue weighted by Gasteiger charge is 2.24. The number of hydrogen-bond donors (Lipinski definition) is 2. The third-order valence-corrected chi connectivity index (χ3v) is 6.10. The van der Waals surface area contributed by atoms with Gasteiger partial charge in [-0.3, -0.25) is 4.79 Å². The van der Waals surface area contributed by atoms with Gasteiger partial charge in [-0.25, -0.2) is 13.6 Å². The van der Waals surface area contributed by atoms with E-state index in [1.54, 1.807) is 6.07 Å². The smallest absolute Gasteiger partial charge is 0.247 e. The van der Waals surface area contributed by atoms with Crippen LogP contribution < -0.4 is 10.5 Å². The summed E-state index contributed by atoms with van der Waals surface area (Å²) in [7, 11) is -3.65. The van der Waals surface area contributed by atoms with Crippen LogP contribution in [0.3, 0.4) is 0 Å². The molecular formula is C12H18N2O3S2. The Morgan fingerprint density at radius 2 is 2.05 bits per heavy atom. The fraction of sp³-hybridized carbons (Fsp3) is 0.583. The predicted octanol–water partition coefficient (Wildman–Crippen LogP) is 1.76. The summed E-state index contributed by atoms with van der Waals surface area (Å²) in [6.07, 6.45) is 4.12. The van der Waals surface area contributed by atoms with Crippen molar-refractivity contribution in [2.24, 2.45) is 11.1 Å². The monoisotopic (exact) mass is 302 g/mol. The Bertz CT molecular complexity index is 559. The number of primary sulfonamides is 1. The van der Waals surface area contributed by atoms with Crippen molar-refractivity contribution < 1.29 is 13.2 Å². The van der Waals surface area contributed by atoms with Gasteiger partial charge in [0.2, 0.25) is 15.9 Å². The second-order valence-electron chi connectivity index (χ2n) is 4.91. The molecule has 1 amide bonds. The summed E-state index contributed by atoms with van der Waals surface area (Å²) in [5.74, 6) is 0.177. The van der Waals surface area contributed by atoms with Crippen molar-refractivity contribution in [3.8, 4) is 0 Å². The first kappa shape index (κ1) is 14.5. The average Bonchev–Trinajstić information content (AvgIpc) is 3.00. The van der Waals surface area contributed by atoms with E-state index in [0.717, 1.165) is 41.9 Å². The molecule has 0 aliphatic heterocycles. The summed E-state index contributed by atoms with van der Waals surface area (Å²) in [5, 5.41) is 8.01. The molecule has 1 aromatic rings. The fourth-order valence-electron chi connectivity index (χ4n) is 2.31. The summed E-state index contributed by atoms with van der Waals surface area (Å²) >= 11 is 1.10. The van der Waals surface area contributed by atoms with Gasteiger partial charge in [0.05, 0.1) is 6.04 Å². The van der Waals surface area contributed by atoms with E-state index in [1.807, 2.05) is 6.92 Å². The minimum Gasteiger partial charge on any atom is -0.349 e. The molecule has 0 saturated heterocycles. The quantitative estimate of drug-likeness (QED) is 0.888. The zero-order valence-electron chi connectivity index (χ0n) is 10.8. The highest BCUT2D eigenvalue weighted by Crippen LogP contribution is 2.28. The highest BCUT2D eigenvalue weighted by atomic mass is 32.2. The summed E-state index contributed by atoms with van der Waals surface area (Å²) in [6, 6.07) is 2.99. The minimum atomic E-state index is -3.65. The molecule has 1 saturated carbocycles. The normalized spacial score (nSPS) is 18.4. The van der Waals surface area contributed by atoms with Crippen LogP contribution in [0.15, 0.2) is 16.3 Å². The molecule has 1 aliphatic carbocycles. The Labute approximate surface area is 117 Å². The van der Waals surface area contributed by atoms with E-state index in [4.69, 9.17) is 5.14 Å². The molecular weight excluding hydrogens is 284 g/mol. The van der Waals surface area contributed by atoms with Gasteiger partial charge < -0.3 is 5.32 Å². The van der Waals surface area contributed by atoms with Crippen LogP contribution in [0.2, 0.25) is 0 Å². The van der Waals surface area contributed by atoms with Gasteiger partial charge in [-0.1, -0.05) is 12.8 Å². The molecule has 106 valence electrons. The number of nitrogens with one attached hydrogen (secondary N) is 1. The number of thiophene rings is 1. The molecule has 1 aliphatic rings. The molecule has 1 unspecified atom stereocenters. The predicted molar refractivity (Wildman–Crippen MR) is 74.2 cm³/mol. The number of hydrogen-bond acceptors (Lipinski definition) is 4. The molecule has 19 heavy (non-hydrogen) atoms. The van der Waals surface area contributed by atoms with Crippen LogP contribution >= 0.6 is 11.3 Å². The van der Waals surface area contributed by atoms with E-state index in [0.29, 0.717) is 0 Å². The molecule has 1 atom stereocenters. The van der Waals surface area contributed by atoms with Crippen molar-refractivity contribution in [2.75, 3.05) is 0 Å². The molecule has 7 heteroatoms. The fourth-order valence-corrected chi connectivity index (χ4v) is 4.06. The van der Waals surface area contributed by atoms with E-state index in [9.17, 15) is 13.2 Å². The number of sulfonamides is 1. The molecule has 3 N–H and O–H groups in total. The third kappa shape index (κ3) is 3.55. The van der Waals surface area contributed by atoms with Gasteiger partial charge in [-0.05, 0) is 31.9 Å². The maximum Gasteiger partial charge on any atom is 0.247 e. The van der Waals surface area contributed by atoms with Crippen molar-refractivity contribution in [2.45, 2.75) is 42.9 Å². The summed E-state index contributed by atoms with van der Waals surface area (Å²) in [4.78, 5) is 12.8. The molecule has 0 spiro atoms. The lowest BCUT2D eigenvalue weighted by Crippen LogP contribution is -2.31. The van der Waals surface area contributed by atoms with Crippen LogP contribution in [0.4, 0.5) is 0 Å². The van der Waals surface area contributed by atoms with Crippen molar-refractivity contribution in [3.63, 3.8) is 0 Å². The van der Waals surface area contributed by atoms with E-state index in [-0.39, 0.29) is 22.1 Å². The standard InChI is InChI=1S/C12H18N2O3S2/c1-8(14-12(15)9-4-2-3-5-9)10-6-7-11(18-10)19(13,16)17/h6-9H,2-5H2,1H3,(H,14,15)(H2,13,16,17). The van der Waals surface area contributed by atoms with Crippen molar-refractivity contribution in [3.05, 3.63) is 17.0 Å². The summed E-state index contributed by atoms with van der Waals surface area (Å²) in [6.45, 7) is 1.85. The van der Waals surface area contributed by atoms with Gasteiger partial charge in [0.1, 0.15) is 4.21 Å². The van der Waals surface area contributed by atoms with Crippen LogP contribution in [-0.4, -0.2) is 14.3 Å². The molecule has 0 aromatic carbocycles. The molecule has 2 rings (SSSR count). The van der Waals surface area contributed by atoms with Crippen LogP contribution in [0.25, 0.3) is 0 Å². The maximum absolute atomic E-state index is 12.0. The third-order valence-electron chi connectivity index (χ3n) is 3.39. The van der Waals surface area contributed by atoms with Gasteiger partial charge >= 0.3 is 0 Å². The molecule has 1 heterocycles. The van der Waals surface area contributed by atoms with E-state index in [2.05, 4.69) is 5.32 Å². The Hall–Kier alpha value is -0.920.